The van der Waals surface area contributed by atoms with Crippen LogP contribution in [0, 0.1) is 12.7 Å². The molecular weight excluding hydrogens is 413 g/mol. The van der Waals surface area contributed by atoms with Gasteiger partial charge in [0.05, 0.1) is 14.2 Å². The van der Waals surface area contributed by atoms with E-state index in [1.165, 1.54) is 23.9 Å². The van der Waals surface area contributed by atoms with Crippen molar-refractivity contribution >= 4 is 11.8 Å². The molecule has 0 radical (unpaired) electrons. The third kappa shape index (κ3) is 4.72. The number of benzene rings is 3. The largest absolute Gasteiger partial charge is 0.497 e. The average molecular weight is 436 g/mol. The minimum atomic E-state index is -0.248. The number of thioether (sulfide) groups is 1. The van der Waals surface area contributed by atoms with Crippen molar-refractivity contribution in [1.82, 2.24) is 14.8 Å². The van der Waals surface area contributed by atoms with Gasteiger partial charge >= 0.3 is 0 Å². The third-order valence-electron chi connectivity index (χ3n) is 4.79. The molecule has 0 unspecified atom stereocenters. The molecule has 0 saturated carbocycles. The molecule has 31 heavy (non-hydrogen) atoms. The predicted molar refractivity (Wildman–Crippen MR) is 121 cm³/mol. The van der Waals surface area contributed by atoms with Gasteiger partial charge in [0, 0.05) is 23.1 Å². The molecule has 0 atom stereocenters. The molecule has 0 bridgehead atoms. The van der Waals surface area contributed by atoms with Crippen LogP contribution >= 0.6 is 11.8 Å². The van der Waals surface area contributed by atoms with Crippen LogP contribution in [0.5, 0.6) is 11.5 Å². The van der Waals surface area contributed by atoms with Gasteiger partial charge in [0.25, 0.3) is 0 Å². The van der Waals surface area contributed by atoms with Gasteiger partial charge < -0.3 is 9.47 Å². The smallest absolute Gasteiger partial charge is 0.196 e. The maximum atomic E-state index is 13.6. The summed E-state index contributed by atoms with van der Waals surface area (Å²) in [7, 11) is 3.23. The highest BCUT2D eigenvalue weighted by Gasteiger charge is 2.18. The van der Waals surface area contributed by atoms with Crippen LogP contribution in [-0.4, -0.2) is 29.0 Å². The van der Waals surface area contributed by atoms with Crippen molar-refractivity contribution < 1.29 is 13.9 Å². The van der Waals surface area contributed by atoms with Gasteiger partial charge in [-0.2, -0.15) is 0 Å². The number of methoxy groups -OCH3 is 2. The van der Waals surface area contributed by atoms with Crippen molar-refractivity contribution in [1.29, 1.82) is 0 Å². The Morgan fingerprint density at radius 2 is 1.61 bits per heavy atom. The number of aryl methyl sites for hydroxylation is 1. The molecule has 0 spiro atoms. The van der Waals surface area contributed by atoms with Crippen molar-refractivity contribution in [2.24, 2.45) is 0 Å². The van der Waals surface area contributed by atoms with Crippen LogP contribution in [0.2, 0.25) is 0 Å². The lowest BCUT2D eigenvalue weighted by atomic mass is 10.1. The molecule has 7 heteroatoms. The van der Waals surface area contributed by atoms with Crippen molar-refractivity contribution in [3.63, 3.8) is 0 Å². The third-order valence-corrected chi connectivity index (χ3v) is 5.79. The fraction of sp³-hybridized carbons (Fsp3) is 0.167. The van der Waals surface area contributed by atoms with Crippen molar-refractivity contribution in [3.8, 4) is 28.6 Å². The summed E-state index contributed by atoms with van der Waals surface area (Å²) in [5.41, 5.74) is 3.81. The SMILES string of the molecule is COc1cc(OC)cc(-c2nnc(SCc3cccc(F)c3)n2-c2ccc(C)cc2)c1. The van der Waals surface area contributed by atoms with Crippen LogP contribution in [0.25, 0.3) is 17.1 Å². The van der Waals surface area contributed by atoms with Gasteiger partial charge in [-0.25, -0.2) is 4.39 Å². The number of ether oxygens (including phenoxy) is 2. The molecule has 1 aromatic heterocycles. The lowest BCUT2D eigenvalue weighted by molar-refractivity contribution is 0.394. The van der Waals surface area contributed by atoms with Crippen LogP contribution in [0.1, 0.15) is 11.1 Å². The van der Waals surface area contributed by atoms with Crippen molar-refractivity contribution in [2.75, 3.05) is 14.2 Å². The fourth-order valence-electron chi connectivity index (χ4n) is 3.19. The topological polar surface area (TPSA) is 49.2 Å². The normalized spacial score (nSPS) is 10.8. The quantitative estimate of drug-likeness (QED) is 0.349. The van der Waals surface area contributed by atoms with Crippen LogP contribution in [0.15, 0.2) is 71.9 Å². The Labute approximate surface area is 184 Å². The summed E-state index contributed by atoms with van der Waals surface area (Å²) in [5, 5.41) is 9.63. The Balaban J connectivity index is 1.78. The van der Waals surface area contributed by atoms with E-state index in [0.717, 1.165) is 22.4 Å². The standard InChI is InChI=1S/C24H22FN3O2S/c1-16-7-9-20(10-8-16)28-23(18-12-21(29-2)14-22(13-18)30-3)26-27-24(28)31-15-17-5-4-6-19(25)11-17/h4-14H,15H2,1-3H3. The van der Waals surface area contributed by atoms with Crippen LogP contribution in [-0.2, 0) is 5.75 Å². The van der Waals surface area contributed by atoms with Crippen molar-refractivity contribution in [2.45, 2.75) is 17.8 Å². The first-order valence-corrected chi connectivity index (χ1v) is 10.7. The lowest BCUT2D eigenvalue weighted by Gasteiger charge is -2.12. The monoisotopic (exact) mass is 435 g/mol. The highest BCUT2D eigenvalue weighted by molar-refractivity contribution is 7.98. The predicted octanol–water partition coefficient (Wildman–Crippen LogP) is 5.69. The molecule has 5 nitrogen and oxygen atoms in total. The van der Waals surface area contributed by atoms with Crippen molar-refractivity contribution in [3.05, 3.63) is 83.7 Å². The maximum Gasteiger partial charge on any atom is 0.196 e. The Kier molecular flexibility index (Phi) is 6.23. The minimum Gasteiger partial charge on any atom is -0.497 e. The van der Waals surface area contributed by atoms with E-state index in [2.05, 4.69) is 10.2 Å². The number of nitrogens with zero attached hydrogens (tertiary/aromatic N) is 3. The summed E-state index contributed by atoms with van der Waals surface area (Å²) >= 11 is 1.50. The Morgan fingerprint density at radius 1 is 0.903 bits per heavy atom. The molecular formula is C24H22FN3O2S. The van der Waals surface area contributed by atoms with E-state index in [9.17, 15) is 4.39 Å². The van der Waals surface area contributed by atoms with Gasteiger partial charge in [-0.15, -0.1) is 10.2 Å². The first-order valence-electron chi connectivity index (χ1n) is 9.70. The summed E-state index contributed by atoms with van der Waals surface area (Å²) in [6.45, 7) is 2.05. The number of aromatic nitrogens is 3. The zero-order valence-electron chi connectivity index (χ0n) is 17.5. The first kappa shape index (κ1) is 20.9. The molecule has 1 heterocycles. The molecule has 158 valence electrons. The minimum absolute atomic E-state index is 0.248. The number of hydrogen-bond donors (Lipinski definition) is 0. The summed E-state index contributed by atoms with van der Waals surface area (Å²) in [6, 6.07) is 20.4. The maximum absolute atomic E-state index is 13.6. The molecule has 0 aliphatic heterocycles. The molecule has 0 aliphatic carbocycles. The molecule has 0 N–H and O–H groups in total. The van der Waals surface area contributed by atoms with Gasteiger partial charge in [-0.1, -0.05) is 41.6 Å². The molecule has 0 aliphatic rings. The lowest BCUT2D eigenvalue weighted by Crippen LogP contribution is -2.00. The van der Waals surface area contributed by atoms with E-state index >= 15 is 0 Å². The summed E-state index contributed by atoms with van der Waals surface area (Å²) in [4.78, 5) is 0. The Hall–Kier alpha value is -3.32. The molecule has 4 rings (SSSR count). The van der Waals surface area contributed by atoms with Gasteiger partial charge in [-0.3, -0.25) is 4.57 Å². The second kappa shape index (κ2) is 9.22. The second-order valence-electron chi connectivity index (χ2n) is 7.00. The van der Waals surface area contributed by atoms with E-state index < -0.39 is 0 Å². The van der Waals surface area contributed by atoms with Gasteiger partial charge in [0.1, 0.15) is 17.3 Å². The molecule has 0 fully saturated rings. The number of rotatable bonds is 7. The average Bonchev–Trinajstić information content (AvgIpc) is 3.22. The second-order valence-corrected chi connectivity index (χ2v) is 7.94. The van der Waals surface area contributed by atoms with Gasteiger partial charge in [0.15, 0.2) is 11.0 Å². The van der Waals surface area contributed by atoms with E-state index in [-0.39, 0.29) is 5.82 Å². The Bertz CT molecular complexity index is 1170. The summed E-state index contributed by atoms with van der Waals surface area (Å²) < 4.78 is 26.4. The van der Waals surface area contributed by atoms with Gasteiger partial charge in [-0.05, 0) is 48.9 Å². The van der Waals surface area contributed by atoms with E-state index in [1.807, 2.05) is 60.0 Å². The molecule has 0 saturated heterocycles. The zero-order valence-corrected chi connectivity index (χ0v) is 18.3. The van der Waals surface area contributed by atoms with E-state index in [4.69, 9.17) is 9.47 Å². The number of halogens is 1. The van der Waals surface area contributed by atoms with E-state index in [1.54, 1.807) is 20.3 Å². The Morgan fingerprint density at radius 3 is 2.26 bits per heavy atom. The van der Waals surface area contributed by atoms with Crippen LogP contribution < -0.4 is 9.47 Å². The van der Waals surface area contributed by atoms with Gasteiger partial charge in [0.2, 0.25) is 0 Å². The molecule has 4 aromatic rings. The summed E-state index contributed by atoms with van der Waals surface area (Å²) in [6.07, 6.45) is 0. The number of hydrogen-bond acceptors (Lipinski definition) is 5. The van der Waals surface area contributed by atoms with E-state index in [0.29, 0.717) is 28.2 Å². The molecule has 0 amide bonds. The first-order chi connectivity index (χ1) is 15.1. The van der Waals surface area contributed by atoms with Crippen LogP contribution in [0.3, 0.4) is 0 Å². The zero-order chi connectivity index (χ0) is 21.8. The highest BCUT2D eigenvalue weighted by Crippen LogP contribution is 2.33. The molecule has 3 aromatic carbocycles. The fourth-order valence-corrected chi connectivity index (χ4v) is 4.08. The summed E-state index contributed by atoms with van der Waals surface area (Å²) in [5.74, 6) is 2.33. The highest BCUT2D eigenvalue weighted by atomic mass is 32.2. The van der Waals surface area contributed by atoms with Crippen LogP contribution in [0.4, 0.5) is 4.39 Å².